The van der Waals surface area contributed by atoms with Crippen LogP contribution in [-0.2, 0) is 11.7 Å². The second kappa shape index (κ2) is 7.05. The lowest BCUT2D eigenvalue weighted by atomic mass is 9.70. The summed E-state index contributed by atoms with van der Waals surface area (Å²) in [5, 5.41) is 9.74. The lowest BCUT2D eigenvalue weighted by Crippen LogP contribution is -2.44. The van der Waals surface area contributed by atoms with Crippen molar-refractivity contribution in [2.45, 2.75) is 37.4 Å². The van der Waals surface area contributed by atoms with Crippen LogP contribution in [-0.4, -0.2) is 20.2 Å². The molecule has 0 spiro atoms. The molecule has 6 nitrogen and oxygen atoms in total. The maximum atomic E-state index is 13.4. The van der Waals surface area contributed by atoms with Crippen molar-refractivity contribution in [3.05, 3.63) is 53.7 Å². The largest absolute Gasteiger partial charge is 0.416 e. The van der Waals surface area contributed by atoms with E-state index in [1.54, 1.807) is 6.07 Å². The second-order valence-corrected chi connectivity index (χ2v) is 6.65. The van der Waals surface area contributed by atoms with Gasteiger partial charge in [0, 0.05) is 12.4 Å². The third kappa shape index (κ3) is 3.64. The minimum atomic E-state index is -4.48. The van der Waals surface area contributed by atoms with Crippen LogP contribution in [0, 0.1) is 0 Å². The molecule has 11 heteroatoms. The summed E-state index contributed by atoms with van der Waals surface area (Å²) in [6.45, 7) is 0. The molecule has 0 bridgehead atoms. The van der Waals surface area contributed by atoms with Crippen LogP contribution in [0.5, 0.6) is 0 Å². The van der Waals surface area contributed by atoms with Gasteiger partial charge in [-0.2, -0.15) is 22.0 Å². The van der Waals surface area contributed by atoms with Crippen molar-refractivity contribution in [1.82, 2.24) is 20.2 Å². The molecular formula is C18H14F5N5O. The van der Waals surface area contributed by atoms with E-state index in [1.807, 2.05) is 0 Å². The van der Waals surface area contributed by atoms with Gasteiger partial charge in [-0.3, -0.25) is 0 Å². The van der Waals surface area contributed by atoms with Gasteiger partial charge in [0.2, 0.25) is 5.95 Å². The van der Waals surface area contributed by atoms with Crippen LogP contribution in [0.2, 0.25) is 0 Å². The van der Waals surface area contributed by atoms with Gasteiger partial charge in [-0.1, -0.05) is 18.2 Å². The molecule has 1 aliphatic carbocycles. The molecule has 0 amide bonds. The molecule has 2 aromatic heterocycles. The summed E-state index contributed by atoms with van der Waals surface area (Å²) < 4.78 is 70.3. The number of alkyl halides is 5. The van der Waals surface area contributed by atoms with Gasteiger partial charge in [0.05, 0.1) is 16.7 Å². The molecule has 1 saturated carbocycles. The summed E-state index contributed by atoms with van der Waals surface area (Å²) >= 11 is 0. The first-order valence-corrected chi connectivity index (χ1v) is 8.67. The van der Waals surface area contributed by atoms with Crippen LogP contribution in [0.1, 0.15) is 42.7 Å². The van der Waals surface area contributed by atoms with Gasteiger partial charge in [-0.25, -0.2) is 9.97 Å². The highest BCUT2D eigenvalue weighted by Gasteiger charge is 2.45. The summed E-state index contributed by atoms with van der Waals surface area (Å²) in [5.74, 6) is -0.883. The smallest absolute Gasteiger partial charge is 0.415 e. The molecule has 1 aromatic carbocycles. The van der Waals surface area contributed by atoms with Gasteiger partial charge >= 0.3 is 12.6 Å². The predicted molar refractivity (Wildman–Crippen MR) is 90.9 cm³/mol. The highest BCUT2D eigenvalue weighted by atomic mass is 19.4. The molecular weight excluding hydrogens is 397 g/mol. The number of nitrogens with one attached hydrogen (secondary N) is 1. The number of rotatable bonds is 5. The SMILES string of the molecule is FC(F)c1nnc(-c2cnc(NC3(c4ccccc4C(F)(F)F)CCC3)nc2)o1. The fraction of sp³-hybridized carbons (Fsp3) is 0.333. The van der Waals surface area contributed by atoms with Gasteiger partial charge in [-0.05, 0) is 30.9 Å². The molecule has 3 aromatic rings. The maximum absolute atomic E-state index is 13.4. The van der Waals surface area contributed by atoms with Gasteiger partial charge in [-0.15, -0.1) is 10.2 Å². The van der Waals surface area contributed by atoms with E-state index in [0.29, 0.717) is 12.8 Å². The average Bonchev–Trinajstić information content (AvgIpc) is 3.15. The Morgan fingerprint density at radius 2 is 1.72 bits per heavy atom. The van der Waals surface area contributed by atoms with Crippen LogP contribution in [0.4, 0.5) is 27.9 Å². The first-order chi connectivity index (χ1) is 13.8. The lowest BCUT2D eigenvalue weighted by molar-refractivity contribution is -0.139. The molecule has 0 radical (unpaired) electrons. The topological polar surface area (TPSA) is 76.7 Å². The van der Waals surface area contributed by atoms with Crippen molar-refractivity contribution in [2.24, 2.45) is 0 Å². The van der Waals surface area contributed by atoms with E-state index in [0.717, 1.165) is 12.5 Å². The second-order valence-electron chi connectivity index (χ2n) is 6.65. The normalized spacial score (nSPS) is 15.9. The molecule has 1 N–H and O–H groups in total. The van der Waals surface area contributed by atoms with Crippen molar-refractivity contribution in [1.29, 1.82) is 0 Å². The van der Waals surface area contributed by atoms with Crippen molar-refractivity contribution < 1.29 is 26.4 Å². The Bertz CT molecular complexity index is 998. The minimum absolute atomic E-state index is 0.110. The van der Waals surface area contributed by atoms with Crippen LogP contribution >= 0.6 is 0 Å². The van der Waals surface area contributed by atoms with E-state index in [1.165, 1.54) is 24.5 Å². The monoisotopic (exact) mass is 411 g/mol. The van der Waals surface area contributed by atoms with Gasteiger partial charge in [0.15, 0.2) is 0 Å². The standard InChI is InChI=1S/C18H14F5N5O/c19-13(20)15-28-27-14(29-15)10-8-24-16(25-9-10)26-17(6-3-7-17)11-4-1-2-5-12(11)18(21,22)23/h1-2,4-5,8-9,13H,3,6-7H2,(H,24,25,26). The molecule has 2 heterocycles. The van der Waals surface area contributed by atoms with E-state index in [4.69, 9.17) is 4.42 Å². The molecule has 0 saturated heterocycles. The maximum Gasteiger partial charge on any atom is 0.416 e. The van der Waals surface area contributed by atoms with Crippen molar-refractivity contribution in [2.75, 3.05) is 5.32 Å². The van der Waals surface area contributed by atoms with Crippen molar-refractivity contribution in [3.63, 3.8) is 0 Å². The summed E-state index contributed by atoms with van der Waals surface area (Å²) in [4.78, 5) is 8.15. The van der Waals surface area contributed by atoms with Gasteiger partial charge in [0.25, 0.3) is 11.8 Å². The average molecular weight is 411 g/mol. The van der Waals surface area contributed by atoms with Crippen molar-refractivity contribution in [3.8, 4) is 11.5 Å². The van der Waals surface area contributed by atoms with E-state index < -0.39 is 29.6 Å². The quantitative estimate of drug-likeness (QED) is 0.597. The molecule has 0 unspecified atom stereocenters. The number of hydrogen-bond donors (Lipinski definition) is 1. The number of aromatic nitrogens is 4. The highest BCUT2D eigenvalue weighted by molar-refractivity contribution is 5.51. The van der Waals surface area contributed by atoms with Crippen LogP contribution in [0.15, 0.2) is 41.1 Å². The Morgan fingerprint density at radius 1 is 1.03 bits per heavy atom. The molecule has 1 fully saturated rings. The van der Waals surface area contributed by atoms with Gasteiger partial charge in [0.1, 0.15) is 0 Å². The Morgan fingerprint density at radius 3 is 2.28 bits per heavy atom. The molecule has 29 heavy (non-hydrogen) atoms. The molecule has 0 atom stereocenters. The zero-order chi connectivity index (χ0) is 20.6. The Balaban J connectivity index is 1.60. The summed E-state index contributed by atoms with van der Waals surface area (Å²) in [5.41, 5.74) is -1.27. The first kappa shape index (κ1) is 19.2. The Hall–Kier alpha value is -3.11. The predicted octanol–water partition coefficient (Wildman–Crippen LogP) is 4.97. The summed E-state index contributed by atoms with van der Waals surface area (Å²) in [6, 6.07) is 5.42. The van der Waals surface area contributed by atoms with Crippen molar-refractivity contribution >= 4 is 5.95 Å². The van der Waals surface area contributed by atoms with E-state index in [-0.39, 0.29) is 23.0 Å². The molecule has 0 aliphatic heterocycles. The summed E-state index contributed by atoms with van der Waals surface area (Å²) in [7, 11) is 0. The third-order valence-electron chi connectivity index (χ3n) is 4.83. The number of nitrogens with zero attached hydrogens (tertiary/aromatic N) is 4. The summed E-state index contributed by atoms with van der Waals surface area (Å²) in [6.07, 6.45) is -3.08. The van der Waals surface area contributed by atoms with Crippen LogP contribution < -0.4 is 5.32 Å². The number of benzene rings is 1. The third-order valence-corrected chi connectivity index (χ3v) is 4.83. The van der Waals surface area contributed by atoms with Crippen LogP contribution in [0.25, 0.3) is 11.5 Å². The zero-order valence-corrected chi connectivity index (χ0v) is 14.7. The molecule has 4 rings (SSSR count). The lowest BCUT2D eigenvalue weighted by Gasteiger charge is -2.44. The number of halogens is 5. The van der Waals surface area contributed by atoms with E-state index in [9.17, 15) is 22.0 Å². The van der Waals surface area contributed by atoms with E-state index >= 15 is 0 Å². The zero-order valence-electron chi connectivity index (χ0n) is 14.7. The molecule has 1 aliphatic rings. The highest BCUT2D eigenvalue weighted by Crippen LogP contribution is 2.47. The fourth-order valence-corrected chi connectivity index (χ4v) is 3.30. The molecule has 152 valence electrons. The fourth-order valence-electron chi connectivity index (χ4n) is 3.30. The first-order valence-electron chi connectivity index (χ1n) is 8.67. The van der Waals surface area contributed by atoms with Crippen LogP contribution in [0.3, 0.4) is 0 Å². The number of anilines is 1. The van der Waals surface area contributed by atoms with E-state index in [2.05, 4.69) is 25.5 Å². The minimum Gasteiger partial charge on any atom is -0.415 e. The number of hydrogen-bond acceptors (Lipinski definition) is 6. The van der Waals surface area contributed by atoms with Gasteiger partial charge < -0.3 is 9.73 Å². The Kier molecular flexibility index (Phi) is 4.67. The Labute approximate surface area is 161 Å².